The summed E-state index contributed by atoms with van der Waals surface area (Å²) in [5, 5.41) is 3.90. The molecule has 1 atom stereocenters. The van der Waals surface area contributed by atoms with Crippen LogP contribution in [0.3, 0.4) is 0 Å². The predicted octanol–water partition coefficient (Wildman–Crippen LogP) is 2.00. The fourth-order valence-electron chi connectivity index (χ4n) is 1.58. The van der Waals surface area contributed by atoms with Crippen LogP contribution in [-0.2, 0) is 9.53 Å². The van der Waals surface area contributed by atoms with E-state index >= 15 is 0 Å². The van der Waals surface area contributed by atoms with Gasteiger partial charge in [-0.3, -0.25) is 4.79 Å². The van der Waals surface area contributed by atoms with E-state index in [-0.39, 0.29) is 5.97 Å². The molecule has 0 radical (unpaired) electrons. The molecule has 5 heteroatoms. The molecule has 1 aliphatic rings. The molecule has 2 rings (SSSR count). The zero-order valence-corrected chi connectivity index (χ0v) is 9.60. The molecule has 1 fully saturated rings. The molecule has 1 unspecified atom stereocenters. The Morgan fingerprint density at radius 1 is 1.56 bits per heavy atom. The molecule has 0 aliphatic heterocycles. The second-order valence-corrected chi connectivity index (χ2v) is 3.98. The first kappa shape index (κ1) is 11.1. The molecule has 1 aromatic heterocycles. The van der Waals surface area contributed by atoms with Crippen LogP contribution in [0.25, 0.3) is 0 Å². The Labute approximate surface area is 94.2 Å². The lowest BCUT2D eigenvalue weighted by atomic mass is 10.1. The van der Waals surface area contributed by atoms with Crippen molar-refractivity contribution in [2.45, 2.75) is 44.9 Å². The standard InChI is InChI=1S/C11H16N2O3/c1-3-8(11(14)15-4-2)10-12-9(13-16-10)7-5-6-7/h7-8H,3-6H2,1-2H3. The minimum absolute atomic E-state index is 0.281. The predicted molar refractivity (Wildman–Crippen MR) is 55.9 cm³/mol. The first-order chi connectivity index (χ1) is 7.76. The highest BCUT2D eigenvalue weighted by molar-refractivity contribution is 5.76. The molecular weight excluding hydrogens is 208 g/mol. The lowest BCUT2D eigenvalue weighted by molar-refractivity contribution is -0.145. The maximum absolute atomic E-state index is 11.6. The molecule has 16 heavy (non-hydrogen) atoms. The topological polar surface area (TPSA) is 65.2 Å². The highest BCUT2D eigenvalue weighted by atomic mass is 16.5. The van der Waals surface area contributed by atoms with Gasteiger partial charge in [0.05, 0.1) is 6.61 Å². The second kappa shape index (κ2) is 4.63. The normalized spacial score (nSPS) is 17.1. The molecular formula is C11H16N2O3. The Balaban J connectivity index is 2.09. The molecule has 1 heterocycles. The average Bonchev–Trinajstić information content (AvgIpc) is 3.01. The molecule has 0 saturated heterocycles. The summed E-state index contributed by atoms with van der Waals surface area (Å²) in [5.74, 6) is 0.869. The summed E-state index contributed by atoms with van der Waals surface area (Å²) >= 11 is 0. The fourth-order valence-corrected chi connectivity index (χ4v) is 1.58. The maximum atomic E-state index is 11.6. The largest absolute Gasteiger partial charge is 0.465 e. The fraction of sp³-hybridized carbons (Fsp3) is 0.727. The van der Waals surface area contributed by atoms with Crippen LogP contribution in [0.15, 0.2) is 4.52 Å². The van der Waals surface area contributed by atoms with Gasteiger partial charge >= 0.3 is 5.97 Å². The lowest BCUT2D eigenvalue weighted by Gasteiger charge is -2.08. The Kier molecular flexibility index (Phi) is 3.22. The highest BCUT2D eigenvalue weighted by Crippen LogP contribution is 2.38. The van der Waals surface area contributed by atoms with Crippen LogP contribution in [-0.4, -0.2) is 22.7 Å². The Morgan fingerprint density at radius 3 is 2.88 bits per heavy atom. The van der Waals surface area contributed by atoms with Gasteiger partial charge < -0.3 is 9.26 Å². The maximum Gasteiger partial charge on any atom is 0.318 e. The first-order valence-corrected chi connectivity index (χ1v) is 5.76. The van der Waals surface area contributed by atoms with Crippen molar-refractivity contribution in [3.8, 4) is 0 Å². The van der Waals surface area contributed by atoms with E-state index in [1.165, 1.54) is 0 Å². The molecule has 0 spiro atoms. The van der Waals surface area contributed by atoms with E-state index in [9.17, 15) is 4.79 Å². The molecule has 88 valence electrons. The summed E-state index contributed by atoms with van der Waals surface area (Å²) in [6.45, 7) is 4.07. The summed E-state index contributed by atoms with van der Waals surface area (Å²) in [5.41, 5.74) is 0. The van der Waals surface area contributed by atoms with Gasteiger partial charge in [0, 0.05) is 5.92 Å². The van der Waals surface area contributed by atoms with E-state index in [0.717, 1.165) is 18.7 Å². The number of hydrogen-bond acceptors (Lipinski definition) is 5. The molecule has 0 aromatic carbocycles. The number of hydrogen-bond donors (Lipinski definition) is 0. The van der Waals surface area contributed by atoms with Gasteiger partial charge in [0.25, 0.3) is 0 Å². The van der Waals surface area contributed by atoms with E-state index in [2.05, 4.69) is 10.1 Å². The summed E-state index contributed by atoms with van der Waals surface area (Å²) in [7, 11) is 0. The molecule has 0 N–H and O–H groups in total. The third-order valence-electron chi connectivity index (χ3n) is 2.68. The summed E-state index contributed by atoms with van der Waals surface area (Å²) in [4.78, 5) is 15.9. The number of esters is 1. The Morgan fingerprint density at radius 2 is 2.31 bits per heavy atom. The van der Waals surface area contributed by atoms with E-state index in [4.69, 9.17) is 9.26 Å². The Hall–Kier alpha value is -1.39. The molecule has 0 amide bonds. The lowest BCUT2D eigenvalue weighted by Crippen LogP contribution is -2.15. The average molecular weight is 224 g/mol. The first-order valence-electron chi connectivity index (χ1n) is 5.76. The number of rotatable bonds is 5. The monoisotopic (exact) mass is 224 g/mol. The van der Waals surface area contributed by atoms with Crippen molar-refractivity contribution in [1.82, 2.24) is 10.1 Å². The minimum Gasteiger partial charge on any atom is -0.465 e. The van der Waals surface area contributed by atoms with Crippen LogP contribution in [0, 0.1) is 0 Å². The zero-order valence-electron chi connectivity index (χ0n) is 9.60. The van der Waals surface area contributed by atoms with Gasteiger partial charge in [-0.1, -0.05) is 12.1 Å². The number of carbonyl (C=O) groups excluding carboxylic acids is 1. The van der Waals surface area contributed by atoms with E-state index < -0.39 is 5.92 Å². The van der Waals surface area contributed by atoms with Gasteiger partial charge in [0.2, 0.25) is 5.89 Å². The van der Waals surface area contributed by atoms with Gasteiger partial charge in [-0.05, 0) is 26.2 Å². The zero-order chi connectivity index (χ0) is 11.5. The minimum atomic E-state index is -0.417. The van der Waals surface area contributed by atoms with Gasteiger partial charge in [0.15, 0.2) is 5.82 Å². The number of aromatic nitrogens is 2. The number of ether oxygens (including phenoxy) is 1. The van der Waals surface area contributed by atoms with Gasteiger partial charge in [-0.15, -0.1) is 0 Å². The number of nitrogens with zero attached hydrogens (tertiary/aromatic N) is 2. The van der Waals surface area contributed by atoms with Crippen molar-refractivity contribution < 1.29 is 14.1 Å². The van der Waals surface area contributed by atoms with Crippen LogP contribution in [0.5, 0.6) is 0 Å². The third kappa shape index (κ3) is 2.23. The van der Waals surface area contributed by atoms with Crippen LogP contribution in [0.2, 0.25) is 0 Å². The summed E-state index contributed by atoms with van der Waals surface area (Å²) in [6.07, 6.45) is 2.86. The van der Waals surface area contributed by atoms with Crippen LogP contribution in [0.1, 0.15) is 56.7 Å². The smallest absolute Gasteiger partial charge is 0.318 e. The summed E-state index contributed by atoms with van der Waals surface area (Å²) < 4.78 is 10.1. The van der Waals surface area contributed by atoms with Gasteiger partial charge in [-0.25, -0.2) is 0 Å². The molecule has 5 nitrogen and oxygen atoms in total. The highest BCUT2D eigenvalue weighted by Gasteiger charge is 2.32. The van der Waals surface area contributed by atoms with Crippen LogP contribution >= 0.6 is 0 Å². The quantitative estimate of drug-likeness (QED) is 0.716. The molecule has 1 aromatic rings. The SMILES string of the molecule is CCOC(=O)C(CC)c1nc(C2CC2)no1. The third-order valence-corrected chi connectivity index (χ3v) is 2.68. The molecule has 0 bridgehead atoms. The Bertz CT molecular complexity index is 371. The second-order valence-electron chi connectivity index (χ2n) is 3.98. The molecule has 1 aliphatic carbocycles. The molecule has 1 saturated carbocycles. The van der Waals surface area contributed by atoms with Crippen molar-refractivity contribution in [2.24, 2.45) is 0 Å². The van der Waals surface area contributed by atoms with Crippen molar-refractivity contribution >= 4 is 5.97 Å². The van der Waals surface area contributed by atoms with E-state index in [0.29, 0.717) is 24.8 Å². The van der Waals surface area contributed by atoms with E-state index in [1.54, 1.807) is 6.92 Å². The summed E-state index contributed by atoms with van der Waals surface area (Å²) in [6, 6.07) is 0. The van der Waals surface area contributed by atoms with Crippen LogP contribution < -0.4 is 0 Å². The van der Waals surface area contributed by atoms with Gasteiger partial charge in [-0.2, -0.15) is 4.98 Å². The van der Waals surface area contributed by atoms with E-state index in [1.807, 2.05) is 6.92 Å². The van der Waals surface area contributed by atoms with Gasteiger partial charge in [0.1, 0.15) is 5.92 Å². The van der Waals surface area contributed by atoms with Crippen molar-refractivity contribution in [3.63, 3.8) is 0 Å². The van der Waals surface area contributed by atoms with Crippen LogP contribution in [0.4, 0.5) is 0 Å². The van der Waals surface area contributed by atoms with Crippen molar-refractivity contribution in [2.75, 3.05) is 6.61 Å². The van der Waals surface area contributed by atoms with Crippen molar-refractivity contribution in [3.05, 3.63) is 11.7 Å². The van der Waals surface area contributed by atoms with Crippen molar-refractivity contribution in [1.29, 1.82) is 0 Å². The number of carbonyl (C=O) groups is 1.